The van der Waals surface area contributed by atoms with E-state index in [9.17, 15) is 5.48 Å². The molecule has 0 saturated heterocycles. The van der Waals surface area contributed by atoms with E-state index in [2.05, 4.69) is 217 Å². The van der Waals surface area contributed by atoms with E-state index in [1.165, 1.54) is 70.4 Å². The van der Waals surface area contributed by atoms with Crippen LogP contribution in [0.5, 0.6) is 0 Å². The van der Waals surface area contributed by atoms with Gasteiger partial charge >= 0.3 is 0 Å². The Hall–Kier alpha value is -6.56. The van der Waals surface area contributed by atoms with Crippen molar-refractivity contribution in [3.05, 3.63) is 190 Å². The van der Waals surface area contributed by atoms with Crippen LogP contribution in [0.15, 0.2) is 152 Å². The van der Waals surface area contributed by atoms with E-state index in [4.69, 9.17) is 1.37 Å². The quantitative estimate of drug-likeness (QED) is 0.159. The van der Waals surface area contributed by atoms with Crippen molar-refractivity contribution in [3.8, 4) is 0 Å². The van der Waals surface area contributed by atoms with Crippen molar-refractivity contribution in [2.24, 2.45) is 0 Å². The zero-order valence-corrected chi connectivity index (χ0v) is 51.4. The average molecular weight is 1090 g/mol. The molecule has 0 spiro atoms. The number of para-hydroxylation sites is 1. The largest absolute Gasteiger partial charge is 0.311 e. The summed E-state index contributed by atoms with van der Waals surface area (Å²) in [5, 5.41) is 3.27. The smallest absolute Gasteiger partial charge is 0.264 e. The van der Waals surface area contributed by atoms with Crippen LogP contribution in [0.4, 0.5) is 51.2 Å². The molecule has 5 aliphatic rings. The van der Waals surface area contributed by atoms with E-state index in [1.54, 1.807) is 0 Å². The predicted molar refractivity (Wildman–Crippen MR) is 353 cm³/mol. The normalized spacial score (nSPS) is 20.1. The van der Waals surface area contributed by atoms with Crippen LogP contribution in [-0.4, -0.2) is 6.71 Å². The number of benzene rings is 8. The maximum absolute atomic E-state index is 9.86. The van der Waals surface area contributed by atoms with Gasteiger partial charge in [-0.2, -0.15) is 0 Å². The highest BCUT2D eigenvalue weighted by Gasteiger charge is 2.50. The predicted octanol–water partition coefficient (Wildman–Crippen LogP) is 20.0. The summed E-state index contributed by atoms with van der Waals surface area (Å²) in [6.07, 6.45) is 6.56. The van der Waals surface area contributed by atoms with E-state index in [1.807, 2.05) is 34.4 Å². The first-order valence-corrected chi connectivity index (χ1v) is 30.8. The molecule has 5 heteroatoms. The van der Waals surface area contributed by atoms with Gasteiger partial charge in [-0.25, -0.2) is 0 Å². The van der Waals surface area contributed by atoms with Crippen molar-refractivity contribution in [1.82, 2.24) is 0 Å². The van der Waals surface area contributed by atoms with Crippen LogP contribution in [0.1, 0.15) is 188 Å². The molecule has 8 aromatic carbocycles. The van der Waals surface area contributed by atoms with Gasteiger partial charge in [-0.15, -0.1) is 11.3 Å². The number of nitrogens with zero attached hydrogens (tertiary/aromatic N) is 3. The highest BCUT2D eigenvalue weighted by Crippen LogP contribution is 2.57. The monoisotopic (exact) mass is 1080 g/mol. The van der Waals surface area contributed by atoms with E-state index in [-0.39, 0.29) is 74.5 Å². The number of thiophene rings is 1. The van der Waals surface area contributed by atoms with Crippen LogP contribution in [0.3, 0.4) is 0 Å². The van der Waals surface area contributed by atoms with Crippen LogP contribution in [-0.2, 0) is 37.9 Å². The summed E-state index contributed by atoms with van der Waals surface area (Å²) in [5.74, 6) is 0. The molecule has 0 radical (unpaired) electrons. The van der Waals surface area contributed by atoms with Crippen LogP contribution in [0.2, 0.25) is 0 Å². The Labute approximate surface area is 495 Å². The Bertz CT molecular complexity index is 4360. The van der Waals surface area contributed by atoms with E-state index >= 15 is 0 Å². The lowest BCUT2D eigenvalue weighted by Crippen LogP contribution is -2.61. The van der Waals surface area contributed by atoms with Gasteiger partial charge in [0.1, 0.15) is 0 Å². The van der Waals surface area contributed by atoms with Crippen molar-refractivity contribution >= 4 is 106 Å². The van der Waals surface area contributed by atoms with Gasteiger partial charge < -0.3 is 14.7 Å². The summed E-state index contributed by atoms with van der Waals surface area (Å²) in [5.41, 5.74) is 19.8. The van der Waals surface area contributed by atoms with Crippen molar-refractivity contribution in [2.45, 2.75) is 180 Å². The molecule has 81 heavy (non-hydrogen) atoms. The second kappa shape index (κ2) is 17.5. The zero-order chi connectivity index (χ0) is 61.1. The molecule has 3 heterocycles. The average Bonchev–Trinajstić information content (AvgIpc) is 1.21. The summed E-state index contributed by atoms with van der Waals surface area (Å²) in [6.45, 7) is 35.8. The van der Waals surface area contributed by atoms with Crippen LogP contribution in [0.25, 0.3) is 20.9 Å². The molecule has 0 N–H and O–H groups in total. The first-order valence-electron chi connectivity index (χ1n) is 32.5. The van der Waals surface area contributed by atoms with Crippen molar-refractivity contribution < 1.29 is 6.85 Å². The van der Waals surface area contributed by atoms with Crippen LogP contribution < -0.4 is 30.4 Å². The standard InChI is InChI=1S/C76H82BN3S/c1-70(2,3)49-26-29-51(30-27-49)80-65-42-54(78(50-23-17-16-18-24-50)52-28-25-47-21-19-20-22-48(47)39-52)41-64-67(65)77(69-68(80)55-43-58-61(46-66(55)81-69)76(14,15)38-35-73(58,8)9)62-44-59-60(75(12,13)37-36-74(59,10)11)45-63(62)79(64)53-31-32-56-57(40-53)72(6,7)34-33-71(56,4)5/h16-32,39-46H,33-38H2,1-15H3/i16D,17D,18D,23D,24D. The Morgan fingerprint density at radius 1 is 0.469 bits per heavy atom. The molecule has 0 unspecified atom stereocenters. The molecule has 2 aliphatic heterocycles. The molecule has 9 aromatic rings. The van der Waals surface area contributed by atoms with Gasteiger partial charge in [0.2, 0.25) is 0 Å². The second-order valence-corrected chi connectivity index (χ2v) is 30.9. The first kappa shape index (κ1) is 47.0. The van der Waals surface area contributed by atoms with Gasteiger partial charge in [-0.3, -0.25) is 0 Å². The molecular weight excluding hydrogens is 998 g/mol. The van der Waals surface area contributed by atoms with E-state index in [0.29, 0.717) is 11.4 Å². The molecule has 3 aliphatic carbocycles. The molecule has 1 aromatic heterocycles. The van der Waals surface area contributed by atoms with Crippen molar-refractivity contribution in [3.63, 3.8) is 0 Å². The fourth-order valence-electron chi connectivity index (χ4n) is 15.2. The SMILES string of the molecule is [2H]c1c([2H])c([2H])c(N(c2cc3c4c(c2)N(c2ccc(C(C)(C)C)cc2)c2c(sc5cc6c(cc25)C(C)(C)CCC6(C)C)B4c2cc4c(cc2N3c2ccc3c(c2)C(C)(C)CCC3(C)C)C(C)(C)CCC4(C)C)c2ccc3ccccc3c2)c([2H])c1[2H]. The lowest BCUT2D eigenvalue weighted by atomic mass is 9.35. The molecule has 0 fully saturated rings. The lowest BCUT2D eigenvalue weighted by molar-refractivity contribution is 0.332. The minimum atomic E-state index is -0.420. The van der Waals surface area contributed by atoms with Gasteiger partial charge in [-0.1, -0.05) is 177 Å². The van der Waals surface area contributed by atoms with Gasteiger partial charge in [-0.05, 0) is 216 Å². The van der Waals surface area contributed by atoms with Crippen molar-refractivity contribution in [2.75, 3.05) is 14.7 Å². The van der Waals surface area contributed by atoms with Gasteiger partial charge in [0.25, 0.3) is 6.71 Å². The van der Waals surface area contributed by atoms with Gasteiger partial charge in [0, 0.05) is 54.7 Å². The molecule has 14 rings (SSSR count). The highest BCUT2D eigenvalue weighted by atomic mass is 32.1. The number of hydrogen-bond acceptors (Lipinski definition) is 4. The Balaban J connectivity index is 1.18. The molecule has 3 nitrogen and oxygen atoms in total. The Kier molecular flexibility index (Phi) is 10.1. The third-order valence-electron chi connectivity index (χ3n) is 20.6. The Morgan fingerprint density at radius 2 is 1.00 bits per heavy atom. The number of hydrogen-bond donors (Lipinski definition) is 0. The fraction of sp³-hybridized carbons (Fsp3) is 0.368. The van der Waals surface area contributed by atoms with Crippen molar-refractivity contribution in [1.29, 1.82) is 0 Å². The molecule has 0 amide bonds. The maximum Gasteiger partial charge on any atom is 0.264 e. The van der Waals surface area contributed by atoms with Crippen LogP contribution in [0, 0.1) is 0 Å². The lowest BCUT2D eigenvalue weighted by Gasteiger charge is -2.48. The molecule has 0 bridgehead atoms. The summed E-state index contributed by atoms with van der Waals surface area (Å²) in [7, 11) is 0. The third kappa shape index (κ3) is 8.08. The van der Waals surface area contributed by atoms with Crippen LogP contribution >= 0.6 is 11.3 Å². The molecule has 0 saturated carbocycles. The minimum Gasteiger partial charge on any atom is -0.311 e. The van der Waals surface area contributed by atoms with Gasteiger partial charge in [0.15, 0.2) is 0 Å². The molecule has 410 valence electrons. The number of rotatable bonds is 5. The fourth-order valence-corrected chi connectivity index (χ4v) is 16.5. The van der Waals surface area contributed by atoms with E-state index < -0.39 is 6.04 Å². The highest BCUT2D eigenvalue weighted by molar-refractivity contribution is 7.33. The zero-order valence-electron chi connectivity index (χ0n) is 55.6. The maximum atomic E-state index is 9.86. The Morgan fingerprint density at radius 3 is 1.62 bits per heavy atom. The summed E-state index contributed by atoms with van der Waals surface area (Å²) >= 11 is 1.97. The third-order valence-corrected chi connectivity index (χ3v) is 21.8. The summed E-state index contributed by atoms with van der Waals surface area (Å²) < 4.78 is 49.8. The molecular formula is C76H82BN3S. The first-order chi connectivity index (χ1) is 40.3. The van der Waals surface area contributed by atoms with Gasteiger partial charge in [0.05, 0.1) is 18.2 Å². The topological polar surface area (TPSA) is 9.72 Å². The molecule has 0 atom stereocenters. The number of anilines is 9. The second-order valence-electron chi connectivity index (χ2n) is 29.8. The van der Waals surface area contributed by atoms with E-state index in [0.717, 1.165) is 77.7 Å². The summed E-state index contributed by atoms with van der Waals surface area (Å²) in [6, 6.07) is 44.3. The minimum absolute atomic E-state index is 0.000708. The number of fused-ring (bicyclic) bond motifs is 10. The summed E-state index contributed by atoms with van der Waals surface area (Å²) in [4.78, 5) is 7.10.